The van der Waals surface area contributed by atoms with Crippen molar-refractivity contribution in [1.82, 2.24) is 10.2 Å². The Labute approximate surface area is 185 Å². The Hall–Kier alpha value is -3.02. The van der Waals surface area contributed by atoms with Crippen LogP contribution in [0.1, 0.15) is 43.9 Å². The van der Waals surface area contributed by atoms with E-state index < -0.39 is 6.04 Å². The highest BCUT2D eigenvalue weighted by Gasteiger charge is 2.27. The summed E-state index contributed by atoms with van der Waals surface area (Å²) < 4.78 is 11.1. The quantitative estimate of drug-likeness (QED) is 0.623. The fourth-order valence-electron chi connectivity index (χ4n) is 3.10. The molecule has 1 N–H and O–H groups in total. The largest absolute Gasteiger partial charge is 0.497 e. The number of ether oxygens (including phenoxy) is 2. The standard InChI is InChI=1S/C25H34N2O4/c1-7-19(4)26-25(29)20(5)27(15-21-9-8-10-22(14-21)30-6)24(28)16-31-23-13-17(2)11-12-18(23)3/h8-14,19-20H,7,15-16H2,1-6H3,(H,26,29)/t19-,20-/m0/s1. The Kier molecular flexibility index (Phi) is 8.91. The second-order valence-corrected chi connectivity index (χ2v) is 7.92. The number of carbonyl (C=O) groups is 2. The van der Waals surface area contributed by atoms with Gasteiger partial charge in [0.2, 0.25) is 5.91 Å². The lowest BCUT2D eigenvalue weighted by molar-refractivity contribution is -0.142. The first kappa shape index (κ1) is 24.3. The van der Waals surface area contributed by atoms with Gasteiger partial charge in [-0.1, -0.05) is 31.2 Å². The van der Waals surface area contributed by atoms with Crippen LogP contribution < -0.4 is 14.8 Å². The summed E-state index contributed by atoms with van der Waals surface area (Å²) in [5.41, 5.74) is 2.89. The minimum Gasteiger partial charge on any atom is -0.497 e. The summed E-state index contributed by atoms with van der Waals surface area (Å²) in [4.78, 5) is 27.5. The van der Waals surface area contributed by atoms with E-state index in [9.17, 15) is 9.59 Å². The van der Waals surface area contributed by atoms with Crippen molar-refractivity contribution in [3.8, 4) is 11.5 Å². The Bertz CT molecular complexity index is 897. The molecule has 6 heteroatoms. The Morgan fingerprint density at radius 3 is 2.52 bits per heavy atom. The van der Waals surface area contributed by atoms with Crippen molar-refractivity contribution in [3.05, 3.63) is 59.2 Å². The zero-order valence-electron chi connectivity index (χ0n) is 19.4. The van der Waals surface area contributed by atoms with Crippen molar-refractivity contribution in [2.45, 2.75) is 59.7 Å². The minimum atomic E-state index is -0.644. The molecule has 0 spiro atoms. The van der Waals surface area contributed by atoms with E-state index in [2.05, 4.69) is 5.32 Å². The molecule has 0 saturated heterocycles. The lowest BCUT2D eigenvalue weighted by atomic mass is 10.1. The molecule has 0 aromatic heterocycles. The Balaban J connectivity index is 2.21. The fourth-order valence-corrected chi connectivity index (χ4v) is 3.10. The molecule has 0 bridgehead atoms. The predicted molar refractivity (Wildman–Crippen MR) is 122 cm³/mol. The van der Waals surface area contributed by atoms with Crippen molar-refractivity contribution < 1.29 is 19.1 Å². The van der Waals surface area contributed by atoms with E-state index in [-0.39, 0.29) is 31.0 Å². The molecular weight excluding hydrogens is 392 g/mol. The molecule has 31 heavy (non-hydrogen) atoms. The Morgan fingerprint density at radius 1 is 1.10 bits per heavy atom. The van der Waals surface area contributed by atoms with Gasteiger partial charge in [0.05, 0.1) is 7.11 Å². The van der Waals surface area contributed by atoms with Crippen LogP contribution >= 0.6 is 0 Å². The molecule has 0 aliphatic rings. The van der Waals surface area contributed by atoms with Crippen LogP contribution in [0.2, 0.25) is 0 Å². The van der Waals surface area contributed by atoms with Crippen molar-refractivity contribution in [2.24, 2.45) is 0 Å². The second kappa shape index (κ2) is 11.4. The van der Waals surface area contributed by atoms with Gasteiger partial charge in [0, 0.05) is 12.6 Å². The molecule has 0 radical (unpaired) electrons. The molecular formula is C25H34N2O4. The molecule has 6 nitrogen and oxygen atoms in total. The zero-order valence-corrected chi connectivity index (χ0v) is 19.4. The van der Waals surface area contributed by atoms with Crippen molar-refractivity contribution in [1.29, 1.82) is 0 Å². The van der Waals surface area contributed by atoms with Gasteiger partial charge in [-0.2, -0.15) is 0 Å². The summed E-state index contributed by atoms with van der Waals surface area (Å²) in [5.74, 6) is 0.937. The van der Waals surface area contributed by atoms with Crippen molar-refractivity contribution in [3.63, 3.8) is 0 Å². The lowest BCUT2D eigenvalue weighted by Crippen LogP contribution is -2.50. The number of aryl methyl sites for hydroxylation is 2. The molecule has 0 heterocycles. The van der Waals surface area contributed by atoms with Crippen LogP contribution in [0.4, 0.5) is 0 Å². The van der Waals surface area contributed by atoms with Gasteiger partial charge in [0.1, 0.15) is 17.5 Å². The van der Waals surface area contributed by atoms with E-state index in [1.54, 1.807) is 18.9 Å². The van der Waals surface area contributed by atoms with Gasteiger partial charge >= 0.3 is 0 Å². The number of nitrogens with zero attached hydrogens (tertiary/aromatic N) is 1. The second-order valence-electron chi connectivity index (χ2n) is 7.92. The summed E-state index contributed by atoms with van der Waals surface area (Å²) in [6, 6.07) is 12.8. The first-order valence-electron chi connectivity index (χ1n) is 10.7. The van der Waals surface area contributed by atoms with Gasteiger partial charge < -0.3 is 19.7 Å². The molecule has 168 valence electrons. The average Bonchev–Trinajstić information content (AvgIpc) is 2.77. The highest BCUT2D eigenvalue weighted by Crippen LogP contribution is 2.20. The third kappa shape index (κ3) is 7.02. The maximum Gasteiger partial charge on any atom is 0.261 e. The summed E-state index contributed by atoms with van der Waals surface area (Å²) in [6.07, 6.45) is 0.817. The van der Waals surface area contributed by atoms with E-state index in [1.807, 2.05) is 70.2 Å². The van der Waals surface area contributed by atoms with E-state index in [1.165, 1.54) is 0 Å². The van der Waals surface area contributed by atoms with Gasteiger partial charge in [-0.15, -0.1) is 0 Å². The third-order valence-corrected chi connectivity index (χ3v) is 5.35. The number of rotatable bonds is 10. The predicted octanol–water partition coefficient (Wildman–Crippen LogP) is 4.02. The van der Waals surface area contributed by atoms with Gasteiger partial charge in [-0.3, -0.25) is 9.59 Å². The normalized spacial score (nSPS) is 12.6. The summed E-state index contributed by atoms with van der Waals surface area (Å²) in [5, 5.41) is 2.97. The van der Waals surface area contributed by atoms with E-state index in [0.29, 0.717) is 11.5 Å². The monoisotopic (exact) mass is 426 g/mol. The molecule has 2 atom stereocenters. The number of methoxy groups -OCH3 is 1. The van der Waals surface area contributed by atoms with Gasteiger partial charge in [0.25, 0.3) is 5.91 Å². The molecule has 2 aromatic carbocycles. The molecule has 2 rings (SSSR count). The molecule has 0 unspecified atom stereocenters. The van der Waals surface area contributed by atoms with Crippen LogP contribution in [0.25, 0.3) is 0 Å². The van der Waals surface area contributed by atoms with Crippen LogP contribution in [0.15, 0.2) is 42.5 Å². The molecule has 0 aliphatic heterocycles. The minimum absolute atomic E-state index is 0.0370. The average molecular weight is 427 g/mol. The van der Waals surface area contributed by atoms with Crippen molar-refractivity contribution >= 4 is 11.8 Å². The maximum absolute atomic E-state index is 13.2. The number of benzene rings is 2. The molecule has 0 saturated carbocycles. The molecule has 0 aliphatic carbocycles. The summed E-state index contributed by atoms with van der Waals surface area (Å²) >= 11 is 0. The molecule has 2 amide bonds. The summed E-state index contributed by atoms with van der Waals surface area (Å²) in [6.45, 7) is 9.75. The smallest absolute Gasteiger partial charge is 0.261 e. The van der Waals surface area contributed by atoms with E-state index in [4.69, 9.17) is 9.47 Å². The van der Waals surface area contributed by atoms with Crippen LogP contribution in [0.3, 0.4) is 0 Å². The van der Waals surface area contributed by atoms with Crippen LogP contribution in [0, 0.1) is 13.8 Å². The lowest BCUT2D eigenvalue weighted by Gasteiger charge is -2.29. The van der Waals surface area contributed by atoms with E-state index in [0.717, 1.165) is 23.1 Å². The van der Waals surface area contributed by atoms with E-state index >= 15 is 0 Å². The van der Waals surface area contributed by atoms with Crippen LogP contribution in [-0.4, -0.2) is 42.5 Å². The number of nitrogens with one attached hydrogen (secondary N) is 1. The van der Waals surface area contributed by atoms with Gasteiger partial charge in [-0.05, 0) is 69.0 Å². The highest BCUT2D eigenvalue weighted by molar-refractivity contribution is 5.88. The van der Waals surface area contributed by atoms with Crippen LogP contribution in [-0.2, 0) is 16.1 Å². The molecule has 0 fully saturated rings. The number of carbonyl (C=O) groups excluding carboxylic acids is 2. The first-order chi connectivity index (χ1) is 14.7. The number of hydrogen-bond donors (Lipinski definition) is 1. The van der Waals surface area contributed by atoms with Crippen LogP contribution in [0.5, 0.6) is 11.5 Å². The summed E-state index contributed by atoms with van der Waals surface area (Å²) in [7, 11) is 1.60. The highest BCUT2D eigenvalue weighted by atomic mass is 16.5. The van der Waals surface area contributed by atoms with Crippen molar-refractivity contribution in [2.75, 3.05) is 13.7 Å². The Morgan fingerprint density at radius 2 is 1.84 bits per heavy atom. The SMILES string of the molecule is CC[C@H](C)NC(=O)[C@H](C)N(Cc1cccc(OC)c1)C(=O)COc1cc(C)ccc1C. The number of amides is 2. The van der Waals surface area contributed by atoms with Gasteiger partial charge in [-0.25, -0.2) is 0 Å². The number of hydrogen-bond acceptors (Lipinski definition) is 4. The fraction of sp³-hybridized carbons (Fsp3) is 0.440. The van der Waals surface area contributed by atoms with Gasteiger partial charge in [0.15, 0.2) is 6.61 Å². The maximum atomic E-state index is 13.2. The third-order valence-electron chi connectivity index (χ3n) is 5.35. The topological polar surface area (TPSA) is 67.9 Å². The molecule has 2 aromatic rings. The zero-order chi connectivity index (χ0) is 23.0. The first-order valence-corrected chi connectivity index (χ1v) is 10.7.